The highest BCUT2D eigenvalue weighted by atomic mass is 16.4. The first-order chi connectivity index (χ1) is 6.68. The zero-order valence-corrected chi connectivity index (χ0v) is 7.64. The maximum absolute atomic E-state index is 11.4. The van der Waals surface area contributed by atoms with Gasteiger partial charge in [0.1, 0.15) is 0 Å². The van der Waals surface area contributed by atoms with Crippen LogP contribution in [0, 0.1) is 0 Å². The van der Waals surface area contributed by atoms with E-state index in [9.17, 15) is 9.59 Å². The van der Waals surface area contributed by atoms with Crippen molar-refractivity contribution in [1.82, 2.24) is 4.57 Å². The fourth-order valence-electron chi connectivity index (χ4n) is 1.98. The number of hydrogen-bond donors (Lipinski definition) is 1. The second-order valence-electron chi connectivity index (χ2n) is 3.52. The standard InChI is InChI=1S/C10H11NO3/c12-9-3-1-2-8-7(6-10(13)14)4-5-11(8)9/h1-3,7H,4-6H2,(H,13,14). The van der Waals surface area contributed by atoms with Crippen LogP contribution in [0.4, 0.5) is 0 Å². The third-order valence-electron chi connectivity index (χ3n) is 2.62. The molecule has 0 spiro atoms. The van der Waals surface area contributed by atoms with Gasteiger partial charge in [-0.25, -0.2) is 0 Å². The summed E-state index contributed by atoms with van der Waals surface area (Å²) in [6, 6.07) is 5.03. The highest BCUT2D eigenvalue weighted by molar-refractivity contribution is 5.68. The van der Waals surface area contributed by atoms with Crippen LogP contribution in [0.2, 0.25) is 0 Å². The molecule has 1 N–H and O–H groups in total. The lowest BCUT2D eigenvalue weighted by Gasteiger charge is -2.06. The lowest BCUT2D eigenvalue weighted by Crippen LogP contribution is -2.17. The molecule has 1 aliphatic rings. The molecule has 2 rings (SSSR count). The predicted octanol–water partition coefficient (Wildman–Crippen LogP) is 0.810. The van der Waals surface area contributed by atoms with Crippen LogP contribution in [0.5, 0.6) is 0 Å². The summed E-state index contributed by atoms with van der Waals surface area (Å²) < 4.78 is 1.66. The number of aliphatic carboxylic acids is 1. The predicted molar refractivity (Wildman–Crippen MR) is 50.3 cm³/mol. The first-order valence-electron chi connectivity index (χ1n) is 4.60. The maximum atomic E-state index is 11.4. The van der Waals surface area contributed by atoms with Gasteiger partial charge in [0.15, 0.2) is 0 Å². The average Bonchev–Trinajstić information content (AvgIpc) is 2.49. The van der Waals surface area contributed by atoms with E-state index in [0.29, 0.717) is 6.54 Å². The minimum Gasteiger partial charge on any atom is -0.481 e. The molecule has 4 nitrogen and oxygen atoms in total. The normalized spacial score (nSPS) is 19.3. The summed E-state index contributed by atoms with van der Waals surface area (Å²) in [5.74, 6) is -0.804. The molecule has 0 bridgehead atoms. The molecule has 1 aromatic rings. The Morgan fingerprint density at radius 2 is 2.36 bits per heavy atom. The van der Waals surface area contributed by atoms with E-state index in [0.717, 1.165) is 12.1 Å². The van der Waals surface area contributed by atoms with Crippen molar-refractivity contribution in [2.75, 3.05) is 0 Å². The van der Waals surface area contributed by atoms with Crippen LogP contribution >= 0.6 is 0 Å². The number of rotatable bonds is 2. The SMILES string of the molecule is O=C(O)CC1CCn2c1cccc2=O. The summed E-state index contributed by atoms with van der Waals surface area (Å²) in [7, 11) is 0. The van der Waals surface area contributed by atoms with Gasteiger partial charge in [0, 0.05) is 24.2 Å². The number of pyridine rings is 1. The van der Waals surface area contributed by atoms with Gasteiger partial charge >= 0.3 is 5.97 Å². The Balaban J connectivity index is 2.35. The molecule has 1 aromatic heterocycles. The van der Waals surface area contributed by atoms with Gasteiger partial charge < -0.3 is 9.67 Å². The highest BCUT2D eigenvalue weighted by Gasteiger charge is 2.24. The van der Waals surface area contributed by atoms with E-state index >= 15 is 0 Å². The highest BCUT2D eigenvalue weighted by Crippen LogP contribution is 2.28. The molecule has 0 aromatic carbocycles. The van der Waals surface area contributed by atoms with Crippen LogP contribution in [-0.4, -0.2) is 15.6 Å². The van der Waals surface area contributed by atoms with E-state index in [4.69, 9.17) is 5.11 Å². The Labute approximate surface area is 80.8 Å². The Bertz CT molecular complexity index is 422. The van der Waals surface area contributed by atoms with E-state index < -0.39 is 5.97 Å². The topological polar surface area (TPSA) is 59.3 Å². The van der Waals surface area contributed by atoms with Crippen LogP contribution in [0.15, 0.2) is 23.0 Å². The van der Waals surface area contributed by atoms with Crippen molar-refractivity contribution in [2.45, 2.75) is 25.3 Å². The van der Waals surface area contributed by atoms with Crippen molar-refractivity contribution in [3.05, 3.63) is 34.2 Å². The second kappa shape index (κ2) is 3.29. The fourth-order valence-corrected chi connectivity index (χ4v) is 1.98. The number of aromatic nitrogens is 1. The Morgan fingerprint density at radius 1 is 1.57 bits per heavy atom. The fraction of sp³-hybridized carbons (Fsp3) is 0.400. The molecule has 0 amide bonds. The lowest BCUT2D eigenvalue weighted by atomic mass is 10.0. The average molecular weight is 193 g/mol. The maximum Gasteiger partial charge on any atom is 0.304 e. The van der Waals surface area contributed by atoms with Gasteiger partial charge in [-0.2, -0.15) is 0 Å². The number of carbonyl (C=O) groups is 1. The first kappa shape index (κ1) is 8.99. The molecule has 4 heteroatoms. The first-order valence-corrected chi connectivity index (χ1v) is 4.60. The summed E-state index contributed by atoms with van der Waals surface area (Å²) in [5.41, 5.74) is 0.829. The molecule has 1 atom stereocenters. The quantitative estimate of drug-likeness (QED) is 0.756. The van der Waals surface area contributed by atoms with Crippen LogP contribution in [-0.2, 0) is 11.3 Å². The van der Waals surface area contributed by atoms with Crippen LogP contribution in [0.3, 0.4) is 0 Å². The van der Waals surface area contributed by atoms with Crippen molar-refractivity contribution < 1.29 is 9.90 Å². The van der Waals surface area contributed by atoms with E-state index in [-0.39, 0.29) is 17.9 Å². The molecule has 0 saturated carbocycles. The Hall–Kier alpha value is -1.58. The zero-order chi connectivity index (χ0) is 10.1. The molecule has 1 unspecified atom stereocenters. The van der Waals surface area contributed by atoms with Crippen molar-refractivity contribution >= 4 is 5.97 Å². The molecule has 0 fully saturated rings. The van der Waals surface area contributed by atoms with Gasteiger partial charge in [0.25, 0.3) is 5.56 Å². The largest absolute Gasteiger partial charge is 0.481 e. The molecule has 1 aliphatic heterocycles. The van der Waals surface area contributed by atoms with Crippen molar-refractivity contribution in [2.24, 2.45) is 0 Å². The molecule has 0 radical (unpaired) electrons. The zero-order valence-electron chi connectivity index (χ0n) is 7.64. The Kier molecular flexibility index (Phi) is 2.11. The van der Waals surface area contributed by atoms with Crippen molar-refractivity contribution in [3.63, 3.8) is 0 Å². The third kappa shape index (κ3) is 1.43. The van der Waals surface area contributed by atoms with Crippen LogP contribution in [0.1, 0.15) is 24.5 Å². The minimum absolute atomic E-state index is 0.00130. The van der Waals surface area contributed by atoms with Gasteiger partial charge in [-0.05, 0) is 12.5 Å². The molecular formula is C10H11NO3. The van der Waals surface area contributed by atoms with Gasteiger partial charge in [-0.15, -0.1) is 0 Å². The molecule has 0 saturated heterocycles. The third-order valence-corrected chi connectivity index (χ3v) is 2.62. The number of carboxylic acids is 1. The number of carboxylic acid groups (broad SMARTS) is 1. The summed E-state index contributed by atoms with van der Waals surface area (Å²) in [4.78, 5) is 21.9. The molecule has 2 heterocycles. The van der Waals surface area contributed by atoms with E-state index in [2.05, 4.69) is 0 Å². The monoisotopic (exact) mass is 193 g/mol. The van der Waals surface area contributed by atoms with Crippen LogP contribution < -0.4 is 5.56 Å². The smallest absolute Gasteiger partial charge is 0.304 e. The molecule has 14 heavy (non-hydrogen) atoms. The summed E-state index contributed by atoms with van der Waals surface area (Å²) in [6.07, 6.45) is 0.870. The van der Waals surface area contributed by atoms with Gasteiger partial charge in [-0.1, -0.05) is 6.07 Å². The Morgan fingerprint density at radius 3 is 3.07 bits per heavy atom. The summed E-state index contributed by atoms with van der Waals surface area (Å²) in [5, 5.41) is 8.68. The number of nitrogens with zero attached hydrogens (tertiary/aromatic N) is 1. The molecule has 74 valence electrons. The van der Waals surface area contributed by atoms with Crippen molar-refractivity contribution in [3.8, 4) is 0 Å². The molecular weight excluding hydrogens is 182 g/mol. The van der Waals surface area contributed by atoms with E-state index in [1.165, 1.54) is 6.07 Å². The van der Waals surface area contributed by atoms with E-state index in [1.54, 1.807) is 10.6 Å². The van der Waals surface area contributed by atoms with Gasteiger partial charge in [0.05, 0.1) is 6.42 Å². The van der Waals surface area contributed by atoms with Gasteiger partial charge in [-0.3, -0.25) is 9.59 Å². The number of fused-ring (bicyclic) bond motifs is 1. The second-order valence-corrected chi connectivity index (χ2v) is 3.52. The molecule has 0 aliphatic carbocycles. The van der Waals surface area contributed by atoms with Crippen LogP contribution in [0.25, 0.3) is 0 Å². The summed E-state index contributed by atoms with van der Waals surface area (Å²) in [6.45, 7) is 0.646. The van der Waals surface area contributed by atoms with Crippen molar-refractivity contribution in [1.29, 1.82) is 0 Å². The van der Waals surface area contributed by atoms with Gasteiger partial charge in [0.2, 0.25) is 0 Å². The summed E-state index contributed by atoms with van der Waals surface area (Å²) >= 11 is 0. The number of hydrogen-bond acceptors (Lipinski definition) is 2. The minimum atomic E-state index is -0.806. The lowest BCUT2D eigenvalue weighted by molar-refractivity contribution is -0.137. The van der Waals surface area contributed by atoms with E-state index in [1.807, 2.05) is 6.07 Å².